The van der Waals surface area contributed by atoms with Gasteiger partial charge in [-0.25, -0.2) is 14.7 Å². The fourth-order valence-corrected chi connectivity index (χ4v) is 5.04. The predicted molar refractivity (Wildman–Crippen MR) is 149 cm³/mol. The Morgan fingerprint density at radius 2 is 1.95 bits per heavy atom. The van der Waals surface area contributed by atoms with Crippen LogP contribution in [0.5, 0.6) is 5.75 Å². The summed E-state index contributed by atoms with van der Waals surface area (Å²) < 4.78 is 9.37. The molecular formula is C29H24N6O2S. The zero-order valence-electron chi connectivity index (χ0n) is 20.8. The van der Waals surface area contributed by atoms with E-state index in [1.165, 1.54) is 11.3 Å². The van der Waals surface area contributed by atoms with Gasteiger partial charge in [0.1, 0.15) is 5.75 Å². The molecule has 5 aromatic rings. The van der Waals surface area contributed by atoms with Gasteiger partial charge in [0.25, 0.3) is 5.91 Å². The first kappa shape index (κ1) is 23.6. The number of imidazole rings is 1. The second-order valence-corrected chi connectivity index (χ2v) is 9.70. The highest BCUT2D eigenvalue weighted by Gasteiger charge is 2.18. The van der Waals surface area contributed by atoms with Crippen LogP contribution < -0.4 is 14.9 Å². The average molecular weight is 521 g/mol. The van der Waals surface area contributed by atoms with Gasteiger partial charge in [-0.2, -0.15) is 5.10 Å². The lowest BCUT2D eigenvalue weighted by Crippen LogP contribution is -2.25. The summed E-state index contributed by atoms with van der Waals surface area (Å²) in [6.07, 6.45) is 5.44. The summed E-state index contributed by atoms with van der Waals surface area (Å²) in [6.45, 7) is 4.05. The molecule has 0 spiro atoms. The van der Waals surface area contributed by atoms with Crippen LogP contribution >= 0.6 is 11.3 Å². The van der Waals surface area contributed by atoms with Crippen LogP contribution in [0.3, 0.4) is 0 Å². The van der Waals surface area contributed by atoms with Gasteiger partial charge in [0, 0.05) is 29.0 Å². The molecule has 0 saturated heterocycles. The molecule has 3 heterocycles. The highest BCUT2D eigenvalue weighted by Crippen LogP contribution is 2.33. The molecule has 0 radical (unpaired) electrons. The van der Waals surface area contributed by atoms with E-state index < -0.39 is 0 Å². The van der Waals surface area contributed by atoms with Crippen molar-refractivity contribution < 1.29 is 9.53 Å². The number of aryl methyl sites for hydroxylation is 1. The summed E-state index contributed by atoms with van der Waals surface area (Å²) >= 11 is 1.51. The topological polar surface area (TPSA) is 85.8 Å². The summed E-state index contributed by atoms with van der Waals surface area (Å²) in [6, 6.07) is 21.9. The molecule has 0 unspecified atom stereocenters. The normalized spacial score (nSPS) is 13.7. The number of hydrogen-bond acceptors (Lipinski definition) is 6. The molecule has 1 aliphatic heterocycles. The Kier molecular flexibility index (Phi) is 6.19. The summed E-state index contributed by atoms with van der Waals surface area (Å²) in [5, 5.41) is 9.95. The monoisotopic (exact) mass is 520 g/mol. The van der Waals surface area contributed by atoms with Crippen molar-refractivity contribution in [2.75, 3.05) is 11.9 Å². The second kappa shape index (κ2) is 9.95. The van der Waals surface area contributed by atoms with E-state index in [1.54, 1.807) is 12.5 Å². The van der Waals surface area contributed by atoms with Crippen LogP contribution in [-0.2, 0) is 4.79 Å². The van der Waals surface area contributed by atoms with E-state index >= 15 is 0 Å². The molecule has 1 amide bonds. The standard InChI is InChI=1S/C29H24N6O2S/c1-19-5-3-4-6-24(19)32-29-35(33-20(2)21-7-10-23(11-8-21)34-14-13-30-18-34)26(17-38-29)22-9-12-27-25(15-22)31-28(36)16-37-27/h3-15,17-18H,16H2,1-2H3,(H,31,36). The van der Waals surface area contributed by atoms with Crippen LogP contribution in [0.15, 0.2) is 101 Å². The number of hydrogen-bond donors (Lipinski definition) is 1. The van der Waals surface area contributed by atoms with E-state index in [0.717, 1.165) is 44.3 Å². The fourth-order valence-electron chi connectivity index (χ4n) is 4.20. The number of amides is 1. The molecule has 0 atom stereocenters. The van der Waals surface area contributed by atoms with Crippen molar-refractivity contribution >= 4 is 34.3 Å². The van der Waals surface area contributed by atoms with Crippen molar-refractivity contribution in [1.29, 1.82) is 0 Å². The van der Waals surface area contributed by atoms with Crippen LogP contribution in [0.2, 0.25) is 0 Å². The number of fused-ring (bicyclic) bond motifs is 1. The Hall–Kier alpha value is -4.76. The van der Waals surface area contributed by atoms with E-state index in [1.807, 2.05) is 101 Å². The van der Waals surface area contributed by atoms with Gasteiger partial charge < -0.3 is 14.6 Å². The number of anilines is 1. The van der Waals surface area contributed by atoms with E-state index in [2.05, 4.69) is 10.3 Å². The molecule has 8 nitrogen and oxygen atoms in total. The number of benzene rings is 3. The number of aromatic nitrogens is 3. The van der Waals surface area contributed by atoms with Crippen LogP contribution in [0.4, 0.5) is 11.4 Å². The fraction of sp³-hybridized carbons (Fsp3) is 0.103. The van der Waals surface area contributed by atoms with Gasteiger partial charge in [-0.15, -0.1) is 11.3 Å². The maximum absolute atomic E-state index is 11.9. The van der Waals surface area contributed by atoms with Gasteiger partial charge in [-0.1, -0.05) is 30.3 Å². The van der Waals surface area contributed by atoms with E-state index in [4.69, 9.17) is 14.8 Å². The number of thiazole rings is 1. The molecular weight excluding hydrogens is 496 g/mol. The van der Waals surface area contributed by atoms with Crippen LogP contribution in [0.1, 0.15) is 18.1 Å². The Morgan fingerprint density at radius 3 is 2.74 bits per heavy atom. The molecule has 6 rings (SSSR count). The van der Waals surface area contributed by atoms with Crippen LogP contribution in [0.25, 0.3) is 16.9 Å². The van der Waals surface area contributed by atoms with Crippen LogP contribution in [-0.4, -0.2) is 32.5 Å². The molecule has 0 fully saturated rings. The first-order valence-electron chi connectivity index (χ1n) is 12.1. The number of nitrogens with zero attached hydrogens (tertiary/aromatic N) is 5. The molecule has 9 heteroatoms. The molecule has 0 aliphatic carbocycles. The number of para-hydroxylation sites is 1. The number of ether oxygens (including phenoxy) is 1. The quantitative estimate of drug-likeness (QED) is 0.309. The zero-order chi connectivity index (χ0) is 26.1. The largest absolute Gasteiger partial charge is 0.482 e. The van der Waals surface area contributed by atoms with Crippen molar-refractivity contribution in [1.82, 2.24) is 14.2 Å². The van der Waals surface area contributed by atoms with Crippen molar-refractivity contribution in [2.24, 2.45) is 10.1 Å². The lowest BCUT2D eigenvalue weighted by Gasteiger charge is -2.18. The maximum Gasteiger partial charge on any atom is 0.262 e. The van der Waals surface area contributed by atoms with Crippen molar-refractivity contribution in [2.45, 2.75) is 13.8 Å². The summed E-state index contributed by atoms with van der Waals surface area (Å²) in [5.74, 6) is 0.480. The molecule has 1 N–H and O–H groups in total. The van der Waals surface area contributed by atoms with Crippen molar-refractivity contribution in [3.63, 3.8) is 0 Å². The zero-order valence-corrected chi connectivity index (χ0v) is 21.6. The summed E-state index contributed by atoms with van der Waals surface area (Å²) in [4.78, 5) is 21.7. The Balaban J connectivity index is 1.46. The number of carbonyl (C=O) groups is 1. The first-order valence-corrected chi connectivity index (χ1v) is 13.0. The molecule has 3 aromatic carbocycles. The van der Waals surface area contributed by atoms with E-state index in [-0.39, 0.29) is 12.5 Å². The predicted octanol–water partition coefficient (Wildman–Crippen LogP) is 5.55. The molecule has 38 heavy (non-hydrogen) atoms. The van der Waals surface area contributed by atoms with Crippen molar-refractivity contribution in [3.8, 4) is 22.7 Å². The summed E-state index contributed by atoms with van der Waals surface area (Å²) in [5.41, 5.74) is 7.22. The minimum absolute atomic E-state index is 0.0212. The van der Waals surface area contributed by atoms with Gasteiger partial charge in [0.05, 0.1) is 29.1 Å². The van der Waals surface area contributed by atoms with E-state index in [9.17, 15) is 4.79 Å². The third kappa shape index (κ3) is 4.67. The molecule has 0 saturated carbocycles. The highest BCUT2D eigenvalue weighted by atomic mass is 32.1. The van der Waals surface area contributed by atoms with Crippen molar-refractivity contribution in [3.05, 3.63) is 107 Å². The lowest BCUT2D eigenvalue weighted by atomic mass is 10.1. The molecule has 1 aliphatic rings. The smallest absolute Gasteiger partial charge is 0.262 e. The average Bonchev–Trinajstić information content (AvgIpc) is 3.61. The van der Waals surface area contributed by atoms with E-state index in [0.29, 0.717) is 11.4 Å². The Bertz CT molecular complexity index is 1730. The van der Waals surface area contributed by atoms with Gasteiger partial charge >= 0.3 is 0 Å². The minimum atomic E-state index is -0.170. The molecule has 2 aromatic heterocycles. The Morgan fingerprint density at radius 1 is 1.11 bits per heavy atom. The summed E-state index contributed by atoms with van der Waals surface area (Å²) in [7, 11) is 0. The van der Waals surface area contributed by atoms with Crippen LogP contribution in [0, 0.1) is 6.92 Å². The second-order valence-electron chi connectivity index (χ2n) is 8.86. The number of carbonyl (C=O) groups excluding carboxylic acids is 1. The SMILES string of the molecule is CC(=Nn1c(-c2ccc3c(c2)NC(=O)CO3)csc1=Nc1ccccc1C)c1ccc(-n2ccnc2)cc1. The first-order chi connectivity index (χ1) is 18.5. The van der Waals surface area contributed by atoms with Gasteiger partial charge in [0.15, 0.2) is 6.61 Å². The lowest BCUT2D eigenvalue weighted by molar-refractivity contribution is -0.118. The number of rotatable bonds is 5. The molecule has 188 valence electrons. The van der Waals surface area contributed by atoms with Gasteiger partial charge in [-0.3, -0.25) is 4.79 Å². The highest BCUT2D eigenvalue weighted by molar-refractivity contribution is 7.07. The molecule has 0 bridgehead atoms. The van der Waals surface area contributed by atoms with Gasteiger partial charge in [0.2, 0.25) is 4.80 Å². The Labute approximate surface area is 223 Å². The minimum Gasteiger partial charge on any atom is -0.482 e. The maximum atomic E-state index is 11.9. The third-order valence-electron chi connectivity index (χ3n) is 6.26. The third-order valence-corrected chi connectivity index (χ3v) is 7.08. The van der Waals surface area contributed by atoms with Gasteiger partial charge in [-0.05, 0) is 61.4 Å². The number of nitrogens with one attached hydrogen (secondary N) is 1.